The zero-order chi connectivity index (χ0) is 21.1. The van der Waals surface area contributed by atoms with Crippen molar-refractivity contribution in [2.45, 2.75) is 44.8 Å². The molecule has 0 radical (unpaired) electrons. The van der Waals surface area contributed by atoms with Crippen LogP contribution in [-0.2, 0) is 4.79 Å². The van der Waals surface area contributed by atoms with Crippen LogP contribution in [0, 0.1) is 11.8 Å². The minimum atomic E-state index is -0.452. The van der Waals surface area contributed by atoms with E-state index in [9.17, 15) is 9.90 Å². The number of hydrogen-bond acceptors (Lipinski definition) is 3. The first-order valence-corrected chi connectivity index (χ1v) is 11.4. The number of benzene rings is 2. The van der Waals surface area contributed by atoms with E-state index < -0.39 is 6.10 Å². The number of aliphatic hydroxyl groups excluding tert-OH is 1. The molecule has 1 N–H and O–H groups in total. The summed E-state index contributed by atoms with van der Waals surface area (Å²) < 4.78 is 0. The highest BCUT2D eigenvalue weighted by atomic mass is 16.3. The normalized spacial score (nSPS) is 27.9. The van der Waals surface area contributed by atoms with Crippen LogP contribution in [-0.4, -0.2) is 59.1 Å². The lowest BCUT2D eigenvalue weighted by atomic mass is 9.70. The number of carbonyl (C=O) groups is 1. The van der Waals surface area contributed by atoms with Gasteiger partial charge in [-0.3, -0.25) is 9.69 Å². The minimum Gasteiger partial charge on any atom is -0.391 e. The number of hydrogen-bond donors (Lipinski definition) is 1. The molecule has 0 spiro atoms. The second-order valence-electron chi connectivity index (χ2n) is 8.73. The molecule has 0 saturated carbocycles. The molecule has 3 fully saturated rings. The Bertz CT molecular complexity index is 780. The average molecular weight is 407 g/mol. The Labute approximate surface area is 180 Å². The van der Waals surface area contributed by atoms with E-state index in [2.05, 4.69) is 65.6 Å². The van der Waals surface area contributed by atoms with Gasteiger partial charge < -0.3 is 10.0 Å². The molecule has 3 heterocycles. The van der Waals surface area contributed by atoms with Gasteiger partial charge in [0.2, 0.25) is 5.91 Å². The molecule has 5 atom stereocenters. The largest absolute Gasteiger partial charge is 0.391 e. The van der Waals surface area contributed by atoms with Gasteiger partial charge in [0.15, 0.2) is 0 Å². The third kappa shape index (κ3) is 4.03. The standard InChI is InChI=1S/C26H34N2O2/c1-3-27(4-2)26(30)23-18-28-16-15-21(23)25(29)24(28)17-22(19-11-7-5-8-12-19)20-13-9-6-10-14-20/h5-14,21-25,29H,3-4,15-18H2,1-2H3/t21-,23+,24+,25+/m1/s1. The molecule has 3 saturated heterocycles. The molecule has 3 aliphatic heterocycles. The fraction of sp³-hybridized carbons (Fsp3) is 0.500. The number of nitrogens with zero attached hydrogens (tertiary/aromatic N) is 2. The van der Waals surface area contributed by atoms with E-state index in [0.717, 1.165) is 39.0 Å². The molecule has 2 bridgehead atoms. The summed E-state index contributed by atoms with van der Waals surface area (Å²) in [6, 6.07) is 21.3. The summed E-state index contributed by atoms with van der Waals surface area (Å²) in [7, 11) is 0. The van der Waals surface area contributed by atoms with Gasteiger partial charge in [-0.15, -0.1) is 0 Å². The molecule has 1 amide bonds. The van der Waals surface area contributed by atoms with Crippen LogP contribution < -0.4 is 0 Å². The van der Waals surface area contributed by atoms with E-state index in [-0.39, 0.29) is 29.7 Å². The molecule has 0 aromatic heterocycles. The number of carbonyl (C=O) groups excluding carboxylic acids is 1. The number of fused-ring (bicyclic) bond motifs is 3. The maximum Gasteiger partial charge on any atom is 0.227 e. The molecule has 2 aromatic carbocycles. The Balaban J connectivity index is 1.57. The SMILES string of the molecule is CCN(CC)C(=O)[C@H]1CN2CC[C@H]1[C@H](O)[C@@H]2CC(c1ccccc1)c1ccccc1. The monoisotopic (exact) mass is 406 g/mol. The Hall–Kier alpha value is -2.17. The highest BCUT2D eigenvalue weighted by Crippen LogP contribution is 2.42. The van der Waals surface area contributed by atoms with Gasteiger partial charge in [-0.1, -0.05) is 60.7 Å². The third-order valence-corrected chi connectivity index (χ3v) is 7.27. The van der Waals surface area contributed by atoms with Crippen LogP contribution in [0.2, 0.25) is 0 Å². The zero-order valence-corrected chi connectivity index (χ0v) is 18.2. The van der Waals surface area contributed by atoms with Gasteiger partial charge in [-0.05, 0) is 44.4 Å². The van der Waals surface area contributed by atoms with Crippen molar-refractivity contribution in [3.05, 3.63) is 71.8 Å². The van der Waals surface area contributed by atoms with Gasteiger partial charge in [0.25, 0.3) is 0 Å². The first kappa shape index (κ1) is 21.1. The van der Waals surface area contributed by atoms with Crippen LogP contribution in [0.5, 0.6) is 0 Å². The van der Waals surface area contributed by atoms with Gasteiger partial charge >= 0.3 is 0 Å². The quantitative estimate of drug-likeness (QED) is 0.761. The Morgan fingerprint density at radius 2 is 1.60 bits per heavy atom. The van der Waals surface area contributed by atoms with Crippen LogP contribution in [0.4, 0.5) is 0 Å². The van der Waals surface area contributed by atoms with E-state index in [1.54, 1.807) is 0 Å². The van der Waals surface area contributed by atoms with E-state index in [1.165, 1.54) is 11.1 Å². The lowest BCUT2D eigenvalue weighted by Gasteiger charge is -2.53. The molecular weight excluding hydrogens is 372 g/mol. The molecule has 2 aromatic rings. The smallest absolute Gasteiger partial charge is 0.227 e. The van der Waals surface area contributed by atoms with E-state index in [0.29, 0.717) is 0 Å². The van der Waals surface area contributed by atoms with Crippen LogP contribution >= 0.6 is 0 Å². The molecule has 5 rings (SSSR count). The highest BCUT2D eigenvalue weighted by molar-refractivity contribution is 5.79. The van der Waals surface area contributed by atoms with Crippen LogP contribution in [0.1, 0.15) is 43.7 Å². The highest BCUT2D eigenvalue weighted by Gasteiger charge is 2.50. The predicted octanol–water partition coefficient (Wildman–Crippen LogP) is 3.76. The van der Waals surface area contributed by atoms with Crippen molar-refractivity contribution in [2.24, 2.45) is 11.8 Å². The number of amides is 1. The number of rotatable bonds is 7. The van der Waals surface area contributed by atoms with Crippen molar-refractivity contribution in [2.75, 3.05) is 26.2 Å². The van der Waals surface area contributed by atoms with Crippen molar-refractivity contribution in [1.29, 1.82) is 0 Å². The van der Waals surface area contributed by atoms with Crippen LogP contribution in [0.25, 0.3) is 0 Å². The topological polar surface area (TPSA) is 43.8 Å². The summed E-state index contributed by atoms with van der Waals surface area (Å²) in [5, 5.41) is 11.3. The molecule has 3 aliphatic rings. The van der Waals surface area contributed by atoms with E-state index in [1.807, 2.05) is 18.7 Å². The fourth-order valence-corrected chi connectivity index (χ4v) is 5.60. The van der Waals surface area contributed by atoms with Gasteiger partial charge in [0.1, 0.15) is 0 Å². The Morgan fingerprint density at radius 1 is 1.03 bits per heavy atom. The second kappa shape index (κ2) is 9.32. The van der Waals surface area contributed by atoms with Crippen molar-refractivity contribution in [1.82, 2.24) is 9.80 Å². The summed E-state index contributed by atoms with van der Waals surface area (Å²) in [5.74, 6) is 0.454. The summed E-state index contributed by atoms with van der Waals surface area (Å²) in [4.78, 5) is 17.4. The average Bonchev–Trinajstić information content (AvgIpc) is 2.80. The fourth-order valence-electron chi connectivity index (χ4n) is 5.60. The molecule has 160 valence electrons. The first-order valence-electron chi connectivity index (χ1n) is 11.4. The molecule has 30 heavy (non-hydrogen) atoms. The van der Waals surface area contributed by atoms with Crippen molar-refractivity contribution in [3.63, 3.8) is 0 Å². The summed E-state index contributed by atoms with van der Waals surface area (Å²) in [6.45, 7) is 7.30. The molecule has 1 unspecified atom stereocenters. The maximum atomic E-state index is 13.1. The van der Waals surface area contributed by atoms with Crippen molar-refractivity contribution < 1.29 is 9.90 Å². The number of aliphatic hydroxyl groups is 1. The van der Waals surface area contributed by atoms with Crippen LogP contribution in [0.15, 0.2) is 60.7 Å². The summed E-state index contributed by atoms with van der Waals surface area (Å²) >= 11 is 0. The van der Waals surface area contributed by atoms with Gasteiger partial charge in [0, 0.05) is 37.5 Å². The van der Waals surface area contributed by atoms with Gasteiger partial charge in [-0.2, -0.15) is 0 Å². The van der Waals surface area contributed by atoms with Gasteiger partial charge in [-0.25, -0.2) is 0 Å². The second-order valence-corrected chi connectivity index (χ2v) is 8.73. The maximum absolute atomic E-state index is 13.1. The number of piperidine rings is 3. The van der Waals surface area contributed by atoms with Crippen LogP contribution in [0.3, 0.4) is 0 Å². The third-order valence-electron chi connectivity index (χ3n) is 7.27. The first-order chi connectivity index (χ1) is 14.6. The molecule has 4 heteroatoms. The molecular formula is C26H34N2O2. The van der Waals surface area contributed by atoms with Crippen molar-refractivity contribution >= 4 is 5.91 Å². The summed E-state index contributed by atoms with van der Waals surface area (Å²) in [6.07, 6.45) is 1.33. The van der Waals surface area contributed by atoms with Gasteiger partial charge in [0.05, 0.1) is 12.0 Å². The predicted molar refractivity (Wildman–Crippen MR) is 120 cm³/mol. The van der Waals surface area contributed by atoms with E-state index >= 15 is 0 Å². The lowest BCUT2D eigenvalue weighted by Crippen LogP contribution is -2.64. The minimum absolute atomic E-state index is 0.0697. The van der Waals surface area contributed by atoms with E-state index in [4.69, 9.17) is 0 Å². The lowest BCUT2D eigenvalue weighted by molar-refractivity contribution is -0.155. The molecule has 0 aliphatic carbocycles. The Morgan fingerprint density at radius 3 is 2.10 bits per heavy atom. The Kier molecular flexibility index (Phi) is 6.55. The summed E-state index contributed by atoms with van der Waals surface area (Å²) in [5.41, 5.74) is 2.57. The van der Waals surface area contributed by atoms with Crippen molar-refractivity contribution in [3.8, 4) is 0 Å². The zero-order valence-electron chi connectivity index (χ0n) is 18.2. The molecule has 4 nitrogen and oxygen atoms in total.